The van der Waals surface area contributed by atoms with Crippen molar-refractivity contribution in [3.8, 4) is 5.75 Å². The number of benzene rings is 1. The molecule has 0 saturated carbocycles. The van der Waals surface area contributed by atoms with E-state index in [0.717, 1.165) is 25.3 Å². The molecular formula is C14H21NO2. The zero-order chi connectivity index (χ0) is 12.3. The van der Waals surface area contributed by atoms with Crippen molar-refractivity contribution in [3.63, 3.8) is 0 Å². The van der Waals surface area contributed by atoms with E-state index in [-0.39, 0.29) is 0 Å². The second-order valence-electron chi connectivity index (χ2n) is 4.60. The van der Waals surface area contributed by atoms with Gasteiger partial charge in [-0.25, -0.2) is 0 Å². The first kappa shape index (κ1) is 12.2. The minimum absolute atomic E-state index is 0.583. The number of anilines is 1. The largest absolute Gasteiger partial charge is 0.497 e. The molecular weight excluding hydrogens is 214 g/mol. The first-order chi connectivity index (χ1) is 8.26. The molecule has 1 unspecified atom stereocenters. The number of methoxy groups -OCH3 is 2. The molecule has 2 rings (SSSR count). The van der Waals surface area contributed by atoms with Gasteiger partial charge in [-0.15, -0.1) is 0 Å². The lowest BCUT2D eigenvalue weighted by atomic mass is 9.87. The third kappa shape index (κ3) is 2.55. The summed E-state index contributed by atoms with van der Waals surface area (Å²) in [5, 5.41) is 3.49. The lowest BCUT2D eigenvalue weighted by Crippen LogP contribution is -2.19. The van der Waals surface area contributed by atoms with Crippen LogP contribution in [0.5, 0.6) is 5.75 Å². The predicted molar refractivity (Wildman–Crippen MR) is 70.1 cm³/mol. The zero-order valence-corrected chi connectivity index (χ0v) is 10.9. The topological polar surface area (TPSA) is 30.5 Å². The van der Waals surface area contributed by atoms with Crippen LogP contribution >= 0.6 is 0 Å². The van der Waals surface area contributed by atoms with Crippen LogP contribution in [0.3, 0.4) is 0 Å². The van der Waals surface area contributed by atoms with Crippen LogP contribution < -0.4 is 10.1 Å². The summed E-state index contributed by atoms with van der Waals surface area (Å²) in [5.41, 5.74) is 3.93. The number of fused-ring (bicyclic) bond motifs is 1. The van der Waals surface area contributed by atoms with Gasteiger partial charge in [-0.1, -0.05) is 0 Å². The highest BCUT2D eigenvalue weighted by Crippen LogP contribution is 2.38. The summed E-state index contributed by atoms with van der Waals surface area (Å²) in [6, 6.07) is 4.25. The molecule has 1 heterocycles. The minimum atomic E-state index is 0.583. The van der Waals surface area contributed by atoms with Gasteiger partial charge in [0.05, 0.1) is 7.11 Å². The third-order valence-corrected chi connectivity index (χ3v) is 3.48. The van der Waals surface area contributed by atoms with Gasteiger partial charge in [0.15, 0.2) is 0 Å². The molecule has 0 radical (unpaired) electrons. The SMILES string of the molecule is COCCC1CCNc2c(C)cc(OC)cc21. The van der Waals surface area contributed by atoms with Gasteiger partial charge in [-0.2, -0.15) is 0 Å². The molecule has 0 saturated heterocycles. The summed E-state index contributed by atoms with van der Waals surface area (Å²) in [7, 11) is 3.49. The van der Waals surface area contributed by atoms with Crippen molar-refractivity contribution in [2.45, 2.75) is 25.7 Å². The molecule has 0 spiro atoms. The van der Waals surface area contributed by atoms with Gasteiger partial charge in [0, 0.05) is 25.9 Å². The van der Waals surface area contributed by atoms with Gasteiger partial charge in [-0.05, 0) is 48.9 Å². The van der Waals surface area contributed by atoms with E-state index >= 15 is 0 Å². The summed E-state index contributed by atoms with van der Waals surface area (Å²) in [5.74, 6) is 1.53. The fraction of sp³-hybridized carbons (Fsp3) is 0.571. The molecule has 0 aliphatic carbocycles. The molecule has 1 aromatic carbocycles. The molecule has 1 aliphatic heterocycles. The summed E-state index contributed by atoms with van der Waals surface area (Å²) >= 11 is 0. The van der Waals surface area contributed by atoms with Crippen molar-refractivity contribution in [2.24, 2.45) is 0 Å². The van der Waals surface area contributed by atoms with E-state index in [4.69, 9.17) is 9.47 Å². The Balaban J connectivity index is 2.31. The Morgan fingerprint density at radius 2 is 2.18 bits per heavy atom. The van der Waals surface area contributed by atoms with E-state index in [1.165, 1.54) is 23.2 Å². The summed E-state index contributed by atoms with van der Waals surface area (Å²) in [6.45, 7) is 4.00. The van der Waals surface area contributed by atoms with E-state index in [1.54, 1.807) is 14.2 Å². The number of hydrogen-bond acceptors (Lipinski definition) is 3. The Kier molecular flexibility index (Phi) is 3.89. The van der Waals surface area contributed by atoms with Crippen molar-refractivity contribution < 1.29 is 9.47 Å². The van der Waals surface area contributed by atoms with E-state index < -0.39 is 0 Å². The van der Waals surface area contributed by atoms with Crippen molar-refractivity contribution in [1.29, 1.82) is 0 Å². The van der Waals surface area contributed by atoms with Gasteiger partial charge in [-0.3, -0.25) is 0 Å². The fourth-order valence-corrected chi connectivity index (χ4v) is 2.55. The van der Waals surface area contributed by atoms with Crippen LogP contribution in [0.4, 0.5) is 5.69 Å². The monoisotopic (exact) mass is 235 g/mol. The molecule has 0 amide bonds. The molecule has 1 atom stereocenters. The quantitative estimate of drug-likeness (QED) is 0.870. The van der Waals surface area contributed by atoms with E-state index in [1.807, 2.05) is 0 Å². The third-order valence-electron chi connectivity index (χ3n) is 3.48. The zero-order valence-electron chi connectivity index (χ0n) is 10.9. The Morgan fingerprint density at radius 3 is 2.88 bits per heavy atom. The maximum atomic E-state index is 5.35. The van der Waals surface area contributed by atoms with E-state index in [2.05, 4.69) is 24.4 Å². The summed E-state index contributed by atoms with van der Waals surface area (Å²) in [4.78, 5) is 0. The van der Waals surface area contributed by atoms with Gasteiger partial charge in [0.2, 0.25) is 0 Å². The Bertz CT molecular complexity index is 390. The first-order valence-electron chi connectivity index (χ1n) is 6.17. The first-order valence-corrected chi connectivity index (χ1v) is 6.17. The predicted octanol–water partition coefficient (Wildman–Crippen LogP) is 2.94. The summed E-state index contributed by atoms with van der Waals surface area (Å²) in [6.07, 6.45) is 2.25. The molecule has 1 aliphatic rings. The molecule has 94 valence electrons. The lowest BCUT2D eigenvalue weighted by molar-refractivity contribution is 0.186. The van der Waals surface area contributed by atoms with Crippen LogP contribution in [-0.4, -0.2) is 27.4 Å². The van der Waals surface area contributed by atoms with Gasteiger partial charge >= 0.3 is 0 Å². The molecule has 0 aromatic heterocycles. The van der Waals surface area contributed by atoms with Crippen LogP contribution in [0.2, 0.25) is 0 Å². The molecule has 3 nitrogen and oxygen atoms in total. The molecule has 1 aromatic rings. The average Bonchev–Trinajstić information content (AvgIpc) is 2.36. The molecule has 0 fully saturated rings. The van der Waals surface area contributed by atoms with Crippen molar-refractivity contribution in [3.05, 3.63) is 23.3 Å². The standard InChI is InChI=1S/C14H21NO2/c1-10-8-12(17-3)9-13-11(5-7-16-2)4-6-15-14(10)13/h8-9,11,15H,4-7H2,1-3H3. The van der Waals surface area contributed by atoms with Crippen molar-refractivity contribution in [1.82, 2.24) is 0 Å². The van der Waals surface area contributed by atoms with Gasteiger partial charge in [0.1, 0.15) is 5.75 Å². The summed E-state index contributed by atoms with van der Waals surface area (Å²) < 4.78 is 10.5. The van der Waals surface area contributed by atoms with Gasteiger partial charge in [0.25, 0.3) is 0 Å². The highest BCUT2D eigenvalue weighted by Gasteiger charge is 2.21. The van der Waals surface area contributed by atoms with E-state index in [9.17, 15) is 0 Å². The van der Waals surface area contributed by atoms with Crippen LogP contribution in [0.15, 0.2) is 12.1 Å². The minimum Gasteiger partial charge on any atom is -0.497 e. The number of aryl methyl sites for hydroxylation is 1. The van der Waals surface area contributed by atoms with E-state index in [0.29, 0.717) is 5.92 Å². The normalized spacial score (nSPS) is 18.4. The Labute approximate surface area is 103 Å². The highest BCUT2D eigenvalue weighted by molar-refractivity contribution is 5.62. The maximum Gasteiger partial charge on any atom is 0.119 e. The molecule has 3 heteroatoms. The van der Waals surface area contributed by atoms with Gasteiger partial charge < -0.3 is 14.8 Å². The Morgan fingerprint density at radius 1 is 1.35 bits per heavy atom. The van der Waals surface area contributed by atoms with Crippen LogP contribution in [0, 0.1) is 6.92 Å². The number of ether oxygens (including phenoxy) is 2. The molecule has 0 bridgehead atoms. The number of rotatable bonds is 4. The number of hydrogen-bond donors (Lipinski definition) is 1. The second kappa shape index (κ2) is 5.41. The van der Waals surface area contributed by atoms with Crippen LogP contribution in [0.1, 0.15) is 29.9 Å². The fourth-order valence-electron chi connectivity index (χ4n) is 2.55. The van der Waals surface area contributed by atoms with Crippen LogP contribution in [0.25, 0.3) is 0 Å². The number of nitrogens with one attached hydrogen (secondary N) is 1. The van der Waals surface area contributed by atoms with Crippen molar-refractivity contribution >= 4 is 5.69 Å². The average molecular weight is 235 g/mol. The second-order valence-corrected chi connectivity index (χ2v) is 4.60. The molecule has 17 heavy (non-hydrogen) atoms. The smallest absolute Gasteiger partial charge is 0.119 e. The maximum absolute atomic E-state index is 5.35. The van der Waals surface area contributed by atoms with Crippen LogP contribution in [-0.2, 0) is 4.74 Å². The van der Waals surface area contributed by atoms with Crippen molar-refractivity contribution in [2.75, 3.05) is 32.7 Å². The highest BCUT2D eigenvalue weighted by atomic mass is 16.5. The molecule has 1 N–H and O–H groups in total. The lowest BCUT2D eigenvalue weighted by Gasteiger charge is -2.28. The Hall–Kier alpha value is -1.22.